The van der Waals surface area contributed by atoms with Crippen LogP contribution >= 0.6 is 11.8 Å². The Morgan fingerprint density at radius 3 is 2.88 bits per heavy atom. The molecule has 5 nitrogen and oxygen atoms in total. The van der Waals surface area contributed by atoms with Crippen LogP contribution in [0.1, 0.15) is 26.2 Å². The molecule has 4 N–H and O–H groups in total. The Kier molecular flexibility index (Phi) is 5.72. The maximum atomic E-state index is 11.3. The van der Waals surface area contributed by atoms with Crippen molar-refractivity contribution in [1.82, 2.24) is 5.32 Å². The number of carboxylic acids is 1. The number of nitrogens with one attached hydrogen (secondary N) is 1. The molecule has 1 saturated carbocycles. The molecule has 0 bridgehead atoms. The topological polar surface area (TPSA) is 89.8 Å². The van der Waals surface area contributed by atoms with Crippen molar-refractivity contribution in [3.05, 3.63) is 0 Å². The molecule has 0 saturated heterocycles. The summed E-state index contributed by atoms with van der Waals surface area (Å²) in [6.07, 6.45) is 1.34. The maximum absolute atomic E-state index is 11.3. The van der Waals surface area contributed by atoms with Crippen LogP contribution in [-0.4, -0.2) is 57.1 Å². The van der Waals surface area contributed by atoms with Crippen molar-refractivity contribution < 1.29 is 20.1 Å². The Labute approximate surface area is 106 Å². The average molecular weight is 263 g/mol. The van der Waals surface area contributed by atoms with Crippen LogP contribution < -0.4 is 5.32 Å². The van der Waals surface area contributed by atoms with Crippen LogP contribution in [0.25, 0.3) is 0 Å². The standard InChI is InChI=1S/C11H21NO4S/c1-2-12-11(10(15)16)4-3-9(5-11)17-7-8(14)6-13/h8-9,12-14H,2-7H2,1H3,(H,15,16). The molecule has 100 valence electrons. The first-order chi connectivity index (χ1) is 8.04. The Bertz CT molecular complexity index is 264. The van der Waals surface area contributed by atoms with E-state index in [1.807, 2.05) is 6.92 Å². The third-order valence-electron chi connectivity index (χ3n) is 3.13. The first-order valence-electron chi connectivity index (χ1n) is 5.93. The van der Waals surface area contributed by atoms with Crippen LogP contribution in [0.15, 0.2) is 0 Å². The molecule has 0 heterocycles. The minimum atomic E-state index is -0.795. The van der Waals surface area contributed by atoms with Gasteiger partial charge < -0.3 is 20.6 Å². The third kappa shape index (κ3) is 3.84. The van der Waals surface area contributed by atoms with Crippen molar-refractivity contribution in [2.75, 3.05) is 18.9 Å². The lowest BCUT2D eigenvalue weighted by Gasteiger charge is -2.25. The Balaban J connectivity index is 2.46. The van der Waals surface area contributed by atoms with E-state index in [0.29, 0.717) is 25.1 Å². The summed E-state index contributed by atoms with van der Waals surface area (Å²) in [5.41, 5.74) is -0.795. The van der Waals surface area contributed by atoms with Gasteiger partial charge in [-0.3, -0.25) is 4.79 Å². The molecule has 1 rings (SSSR count). The summed E-state index contributed by atoms with van der Waals surface area (Å²) in [7, 11) is 0. The van der Waals surface area contributed by atoms with E-state index < -0.39 is 17.6 Å². The van der Waals surface area contributed by atoms with Gasteiger partial charge in [-0.2, -0.15) is 11.8 Å². The Hall–Kier alpha value is -0.300. The van der Waals surface area contributed by atoms with E-state index >= 15 is 0 Å². The molecular weight excluding hydrogens is 242 g/mol. The van der Waals surface area contributed by atoms with Crippen molar-refractivity contribution in [3.8, 4) is 0 Å². The largest absolute Gasteiger partial charge is 0.480 e. The molecule has 0 aromatic carbocycles. The molecule has 3 unspecified atom stereocenters. The smallest absolute Gasteiger partial charge is 0.323 e. The predicted molar refractivity (Wildman–Crippen MR) is 67.2 cm³/mol. The molecule has 6 heteroatoms. The van der Waals surface area contributed by atoms with E-state index in [0.717, 1.165) is 6.42 Å². The Morgan fingerprint density at radius 1 is 1.65 bits per heavy atom. The fraction of sp³-hybridized carbons (Fsp3) is 0.909. The Morgan fingerprint density at radius 2 is 2.35 bits per heavy atom. The molecule has 17 heavy (non-hydrogen) atoms. The maximum Gasteiger partial charge on any atom is 0.323 e. The fourth-order valence-electron chi connectivity index (χ4n) is 2.21. The van der Waals surface area contributed by atoms with Crippen molar-refractivity contribution in [1.29, 1.82) is 0 Å². The minimum Gasteiger partial charge on any atom is -0.480 e. The second-order valence-electron chi connectivity index (χ2n) is 4.45. The number of aliphatic hydroxyl groups excluding tert-OH is 2. The van der Waals surface area contributed by atoms with Gasteiger partial charge in [0.25, 0.3) is 0 Å². The lowest BCUT2D eigenvalue weighted by atomic mass is 9.98. The quantitative estimate of drug-likeness (QED) is 0.519. The van der Waals surface area contributed by atoms with Gasteiger partial charge in [0.15, 0.2) is 0 Å². The summed E-state index contributed by atoms with van der Waals surface area (Å²) in [5.74, 6) is -0.326. The molecule has 0 radical (unpaired) electrons. The van der Waals surface area contributed by atoms with Crippen LogP contribution in [0.2, 0.25) is 0 Å². The van der Waals surface area contributed by atoms with Gasteiger partial charge in [-0.05, 0) is 25.8 Å². The summed E-state index contributed by atoms with van der Waals surface area (Å²) < 4.78 is 0. The second-order valence-corrected chi connectivity index (χ2v) is 5.79. The number of carboxylic acid groups (broad SMARTS) is 1. The fourth-order valence-corrected chi connectivity index (χ4v) is 3.50. The normalized spacial score (nSPS) is 30.4. The van der Waals surface area contributed by atoms with E-state index in [4.69, 9.17) is 5.11 Å². The highest BCUT2D eigenvalue weighted by molar-refractivity contribution is 7.99. The SMILES string of the molecule is CCNC1(C(=O)O)CCC(SCC(O)CO)C1. The number of aliphatic carboxylic acids is 1. The number of aliphatic hydroxyl groups is 2. The number of likely N-dealkylation sites (N-methyl/N-ethyl adjacent to an activating group) is 1. The molecule has 0 spiro atoms. The molecule has 0 amide bonds. The van der Waals surface area contributed by atoms with Crippen molar-refractivity contribution in [2.45, 2.75) is 43.1 Å². The highest BCUT2D eigenvalue weighted by Gasteiger charge is 2.44. The zero-order valence-electron chi connectivity index (χ0n) is 10.1. The van der Waals surface area contributed by atoms with Gasteiger partial charge in [-0.1, -0.05) is 6.92 Å². The summed E-state index contributed by atoms with van der Waals surface area (Å²) in [5, 5.41) is 30.6. The highest BCUT2D eigenvalue weighted by atomic mass is 32.2. The number of carbonyl (C=O) groups is 1. The third-order valence-corrected chi connectivity index (χ3v) is 4.58. The van der Waals surface area contributed by atoms with Gasteiger partial charge in [0.05, 0.1) is 12.7 Å². The van der Waals surface area contributed by atoms with E-state index in [2.05, 4.69) is 5.32 Å². The van der Waals surface area contributed by atoms with Crippen molar-refractivity contribution >= 4 is 17.7 Å². The number of hydrogen-bond donors (Lipinski definition) is 4. The lowest BCUT2D eigenvalue weighted by Crippen LogP contribution is -2.50. The molecule has 1 aliphatic carbocycles. The summed E-state index contributed by atoms with van der Waals surface area (Å²) in [4.78, 5) is 11.3. The first-order valence-corrected chi connectivity index (χ1v) is 6.98. The molecular formula is C11H21NO4S. The lowest BCUT2D eigenvalue weighted by molar-refractivity contribution is -0.144. The van der Waals surface area contributed by atoms with Gasteiger partial charge >= 0.3 is 5.97 Å². The van der Waals surface area contributed by atoms with Gasteiger partial charge in [0, 0.05) is 11.0 Å². The van der Waals surface area contributed by atoms with Gasteiger partial charge in [-0.15, -0.1) is 0 Å². The highest BCUT2D eigenvalue weighted by Crippen LogP contribution is 2.37. The average Bonchev–Trinajstić information content (AvgIpc) is 2.71. The van der Waals surface area contributed by atoms with E-state index in [-0.39, 0.29) is 11.9 Å². The van der Waals surface area contributed by atoms with Gasteiger partial charge in [0.1, 0.15) is 5.54 Å². The monoisotopic (exact) mass is 263 g/mol. The molecule has 0 aromatic rings. The summed E-state index contributed by atoms with van der Waals surface area (Å²) in [6, 6.07) is 0. The summed E-state index contributed by atoms with van der Waals surface area (Å²) >= 11 is 1.55. The van der Waals surface area contributed by atoms with E-state index in [9.17, 15) is 15.0 Å². The van der Waals surface area contributed by atoms with Gasteiger partial charge in [-0.25, -0.2) is 0 Å². The zero-order chi connectivity index (χ0) is 12.9. The molecule has 1 fully saturated rings. The second kappa shape index (κ2) is 6.58. The molecule has 3 atom stereocenters. The number of rotatable bonds is 7. The van der Waals surface area contributed by atoms with Crippen LogP contribution in [0, 0.1) is 0 Å². The predicted octanol–water partition coefficient (Wildman–Crippen LogP) is 0.0582. The summed E-state index contributed by atoms with van der Waals surface area (Å²) in [6.45, 7) is 2.31. The van der Waals surface area contributed by atoms with Crippen molar-refractivity contribution in [2.24, 2.45) is 0 Å². The van der Waals surface area contributed by atoms with Crippen LogP contribution in [0.4, 0.5) is 0 Å². The number of hydrogen-bond acceptors (Lipinski definition) is 5. The first kappa shape index (κ1) is 14.8. The van der Waals surface area contributed by atoms with Crippen LogP contribution in [0.3, 0.4) is 0 Å². The van der Waals surface area contributed by atoms with Gasteiger partial charge in [0.2, 0.25) is 0 Å². The molecule has 0 aromatic heterocycles. The van der Waals surface area contributed by atoms with E-state index in [1.165, 1.54) is 0 Å². The van der Waals surface area contributed by atoms with E-state index in [1.54, 1.807) is 11.8 Å². The molecule has 0 aliphatic heterocycles. The molecule has 1 aliphatic rings. The minimum absolute atomic E-state index is 0.239. The van der Waals surface area contributed by atoms with Crippen LogP contribution in [-0.2, 0) is 4.79 Å². The zero-order valence-corrected chi connectivity index (χ0v) is 10.9. The van der Waals surface area contributed by atoms with Crippen molar-refractivity contribution in [3.63, 3.8) is 0 Å². The van der Waals surface area contributed by atoms with Crippen LogP contribution in [0.5, 0.6) is 0 Å². The number of thioether (sulfide) groups is 1.